The number of nitrogens with zero attached hydrogens (tertiary/aromatic N) is 3. The van der Waals surface area contributed by atoms with Crippen LogP contribution in [0.15, 0.2) is 35.2 Å². The van der Waals surface area contributed by atoms with Gasteiger partial charge >= 0.3 is 0 Å². The number of aryl methyl sites for hydroxylation is 3. The van der Waals surface area contributed by atoms with Crippen LogP contribution in [0.25, 0.3) is 11.1 Å². The molecule has 0 aliphatic carbocycles. The van der Waals surface area contributed by atoms with Crippen LogP contribution in [0.5, 0.6) is 5.75 Å². The highest BCUT2D eigenvalue weighted by Gasteiger charge is 2.19. The number of hydrogen-bond donors (Lipinski definition) is 2. The van der Waals surface area contributed by atoms with Gasteiger partial charge in [0.05, 0.1) is 6.20 Å². The topological polar surface area (TPSA) is 102 Å². The van der Waals surface area contributed by atoms with E-state index in [0.29, 0.717) is 23.9 Å². The van der Waals surface area contributed by atoms with Crippen LogP contribution in [-0.2, 0) is 0 Å². The van der Waals surface area contributed by atoms with Crippen LogP contribution in [0.3, 0.4) is 0 Å². The van der Waals surface area contributed by atoms with E-state index in [4.69, 9.17) is 9.26 Å². The van der Waals surface area contributed by atoms with E-state index < -0.39 is 0 Å². The number of rotatable bonds is 6. The molecule has 8 heteroatoms. The van der Waals surface area contributed by atoms with Gasteiger partial charge in [-0.1, -0.05) is 11.6 Å². The van der Waals surface area contributed by atoms with E-state index in [1.165, 1.54) is 19.0 Å². The van der Waals surface area contributed by atoms with Crippen molar-refractivity contribution in [3.05, 3.63) is 53.4 Å². The monoisotopic (exact) mass is 421 g/mol. The smallest absolute Gasteiger partial charge is 0.294 e. The predicted molar refractivity (Wildman–Crippen MR) is 117 cm³/mol. The molecule has 1 fully saturated rings. The van der Waals surface area contributed by atoms with Crippen molar-refractivity contribution in [3.8, 4) is 16.9 Å². The molecule has 2 aromatic heterocycles. The summed E-state index contributed by atoms with van der Waals surface area (Å²) in [6.07, 6.45) is 6.60. The fraction of sp³-hybridized carbons (Fsp3) is 0.391. The van der Waals surface area contributed by atoms with Crippen LogP contribution in [0.1, 0.15) is 46.8 Å². The van der Waals surface area contributed by atoms with Gasteiger partial charge in [-0.05, 0) is 58.4 Å². The Hall–Kier alpha value is -3.26. The molecule has 0 saturated carbocycles. The number of anilines is 1. The van der Waals surface area contributed by atoms with Gasteiger partial charge in [-0.2, -0.15) is 0 Å². The Morgan fingerprint density at radius 1 is 1.23 bits per heavy atom. The molecule has 1 aromatic carbocycles. The van der Waals surface area contributed by atoms with Gasteiger partial charge < -0.3 is 19.9 Å². The second kappa shape index (κ2) is 9.26. The van der Waals surface area contributed by atoms with Crippen molar-refractivity contribution < 1.29 is 14.1 Å². The van der Waals surface area contributed by atoms with Crippen molar-refractivity contribution in [1.29, 1.82) is 0 Å². The third-order valence-electron chi connectivity index (χ3n) is 5.54. The molecule has 0 radical (unpaired) electrons. The first kappa shape index (κ1) is 21.0. The van der Waals surface area contributed by atoms with Gasteiger partial charge in [0.1, 0.15) is 18.7 Å². The Labute approximate surface area is 181 Å². The normalized spacial score (nSPS) is 16.2. The Kier molecular flexibility index (Phi) is 6.27. The largest absolute Gasteiger partial charge is 0.491 e. The molecule has 1 amide bonds. The van der Waals surface area contributed by atoms with E-state index in [0.717, 1.165) is 41.2 Å². The SMILES string of the molecule is Cc1cnoc1C(=O)Nc1ccc(OCC2CCCCN2)c(-c2c(C)ncnc2C)c1. The predicted octanol–water partition coefficient (Wildman–Crippen LogP) is 3.83. The molecular weight excluding hydrogens is 394 g/mol. The molecule has 0 spiro atoms. The van der Waals surface area contributed by atoms with E-state index >= 15 is 0 Å². The van der Waals surface area contributed by atoms with E-state index in [1.807, 2.05) is 32.0 Å². The summed E-state index contributed by atoms with van der Waals surface area (Å²) in [7, 11) is 0. The fourth-order valence-electron chi connectivity index (χ4n) is 3.87. The maximum absolute atomic E-state index is 12.6. The molecule has 8 nitrogen and oxygen atoms in total. The summed E-state index contributed by atoms with van der Waals surface area (Å²) in [5, 5.41) is 10.1. The quantitative estimate of drug-likeness (QED) is 0.623. The van der Waals surface area contributed by atoms with Crippen molar-refractivity contribution in [3.63, 3.8) is 0 Å². The van der Waals surface area contributed by atoms with Crippen molar-refractivity contribution in [2.75, 3.05) is 18.5 Å². The Bertz CT molecular complexity index is 1050. The van der Waals surface area contributed by atoms with E-state index in [1.54, 1.807) is 13.3 Å². The second-order valence-corrected chi connectivity index (χ2v) is 7.88. The third-order valence-corrected chi connectivity index (χ3v) is 5.54. The minimum Gasteiger partial charge on any atom is -0.491 e. The highest BCUT2D eigenvalue weighted by Crippen LogP contribution is 2.36. The molecule has 4 rings (SSSR count). The summed E-state index contributed by atoms with van der Waals surface area (Å²) in [4.78, 5) is 21.3. The molecule has 1 aliphatic rings. The average Bonchev–Trinajstić information content (AvgIpc) is 3.20. The number of ether oxygens (including phenoxy) is 1. The van der Waals surface area contributed by atoms with Gasteiger partial charge in [0.15, 0.2) is 0 Å². The number of nitrogens with one attached hydrogen (secondary N) is 2. The first-order valence-electron chi connectivity index (χ1n) is 10.5. The summed E-state index contributed by atoms with van der Waals surface area (Å²) < 4.78 is 11.3. The summed E-state index contributed by atoms with van der Waals surface area (Å²) >= 11 is 0. The lowest BCUT2D eigenvalue weighted by molar-refractivity contribution is 0.0987. The number of carbonyl (C=O) groups is 1. The van der Waals surface area contributed by atoms with Crippen LogP contribution < -0.4 is 15.4 Å². The van der Waals surface area contributed by atoms with Crippen LogP contribution in [0, 0.1) is 20.8 Å². The Morgan fingerprint density at radius 2 is 2.03 bits per heavy atom. The Balaban J connectivity index is 1.64. The minimum absolute atomic E-state index is 0.195. The summed E-state index contributed by atoms with van der Waals surface area (Å²) in [6.45, 7) is 7.28. The van der Waals surface area contributed by atoms with E-state index in [2.05, 4.69) is 25.8 Å². The molecule has 31 heavy (non-hydrogen) atoms. The Morgan fingerprint density at radius 3 is 2.71 bits per heavy atom. The maximum atomic E-state index is 12.6. The number of carbonyl (C=O) groups excluding carboxylic acids is 1. The molecule has 0 bridgehead atoms. The average molecular weight is 422 g/mol. The molecule has 3 heterocycles. The van der Waals surface area contributed by atoms with Crippen molar-refractivity contribution >= 4 is 11.6 Å². The van der Waals surface area contributed by atoms with Gasteiger partial charge in [0.25, 0.3) is 5.91 Å². The maximum Gasteiger partial charge on any atom is 0.294 e. The second-order valence-electron chi connectivity index (χ2n) is 7.88. The minimum atomic E-state index is -0.348. The zero-order chi connectivity index (χ0) is 21.8. The van der Waals surface area contributed by atoms with Gasteiger partial charge in [0.2, 0.25) is 5.76 Å². The van der Waals surface area contributed by atoms with Gasteiger partial charge in [-0.3, -0.25) is 4.79 Å². The first-order valence-corrected chi connectivity index (χ1v) is 10.5. The third kappa shape index (κ3) is 4.74. The lowest BCUT2D eigenvalue weighted by atomic mass is 10.0. The van der Waals surface area contributed by atoms with Crippen LogP contribution in [0.4, 0.5) is 5.69 Å². The number of benzene rings is 1. The summed E-state index contributed by atoms with van der Waals surface area (Å²) in [5.74, 6) is 0.585. The molecule has 1 saturated heterocycles. The van der Waals surface area contributed by atoms with Crippen LogP contribution in [0.2, 0.25) is 0 Å². The van der Waals surface area contributed by atoms with Crippen LogP contribution >= 0.6 is 0 Å². The van der Waals surface area contributed by atoms with Crippen molar-refractivity contribution in [2.45, 2.75) is 46.1 Å². The van der Waals surface area contributed by atoms with Gasteiger partial charge in [-0.25, -0.2) is 9.97 Å². The number of hydrogen-bond acceptors (Lipinski definition) is 7. The summed E-state index contributed by atoms with van der Waals surface area (Å²) in [6, 6.07) is 5.94. The summed E-state index contributed by atoms with van der Waals surface area (Å²) in [5.41, 5.74) is 4.76. The molecule has 1 atom stereocenters. The molecular formula is C23H27N5O3. The molecule has 1 aliphatic heterocycles. The standard InChI is InChI=1S/C23H27N5O3/c1-14-11-27-31-22(14)23(29)28-17-7-8-20(30-12-18-6-4-5-9-24-18)19(10-17)21-15(2)25-13-26-16(21)3/h7-8,10-11,13,18,24H,4-6,9,12H2,1-3H3,(H,28,29). The molecule has 162 valence electrons. The van der Waals surface area contributed by atoms with Gasteiger partial charge in [0, 0.05) is 39.8 Å². The zero-order valence-corrected chi connectivity index (χ0v) is 18.1. The van der Waals surface area contributed by atoms with Crippen molar-refractivity contribution in [1.82, 2.24) is 20.4 Å². The number of aromatic nitrogens is 3. The van der Waals surface area contributed by atoms with Crippen LogP contribution in [-0.4, -0.2) is 40.2 Å². The lowest BCUT2D eigenvalue weighted by Gasteiger charge is -2.24. The first-order chi connectivity index (χ1) is 15.0. The van der Waals surface area contributed by atoms with E-state index in [-0.39, 0.29) is 11.7 Å². The lowest BCUT2D eigenvalue weighted by Crippen LogP contribution is -2.38. The fourth-order valence-corrected chi connectivity index (χ4v) is 3.87. The van der Waals surface area contributed by atoms with Crippen molar-refractivity contribution in [2.24, 2.45) is 0 Å². The molecule has 2 N–H and O–H groups in total. The highest BCUT2D eigenvalue weighted by atomic mass is 16.5. The number of piperidine rings is 1. The van der Waals surface area contributed by atoms with E-state index in [9.17, 15) is 4.79 Å². The van der Waals surface area contributed by atoms with Gasteiger partial charge in [-0.15, -0.1) is 0 Å². The molecule has 3 aromatic rings. The highest BCUT2D eigenvalue weighted by molar-refractivity contribution is 6.03. The zero-order valence-electron chi connectivity index (χ0n) is 18.1. The molecule has 1 unspecified atom stereocenters. The number of amides is 1.